The van der Waals surface area contributed by atoms with Gasteiger partial charge in [0.2, 0.25) is 5.91 Å². The van der Waals surface area contributed by atoms with Crippen LogP contribution in [0.4, 0.5) is 0 Å². The summed E-state index contributed by atoms with van der Waals surface area (Å²) >= 11 is 0. The average molecular weight is 252 g/mol. The Morgan fingerprint density at radius 3 is 2.50 bits per heavy atom. The first-order valence-electron chi connectivity index (χ1n) is 7.41. The van der Waals surface area contributed by atoms with Crippen molar-refractivity contribution >= 4 is 5.91 Å². The maximum atomic E-state index is 12.4. The molecule has 1 amide bonds. The zero-order valence-electron chi connectivity index (χ0n) is 12.5. The standard InChI is InChI=1S/C15H28N2O/c1-6-12-14(18)17(9-11-8-15(11,4)5)13(16-12)7-10(2)3/h10-13,16H,6-9H2,1-5H3. The van der Waals surface area contributed by atoms with E-state index in [-0.39, 0.29) is 12.2 Å². The van der Waals surface area contributed by atoms with Gasteiger partial charge in [0.15, 0.2) is 0 Å². The van der Waals surface area contributed by atoms with Gasteiger partial charge >= 0.3 is 0 Å². The molecule has 0 bridgehead atoms. The maximum Gasteiger partial charge on any atom is 0.241 e. The minimum absolute atomic E-state index is 0.0515. The molecule has 1 aliphatic carbocycles. The maximum absolute atomic E-state index is 12.4. The number of amides is 1. The number of hydrogen-bond donors (Lipinski definition) is 1. The number of rotatable bonds is 5. The van der Waals surface area contributed by atoms with Crippen LogP contribution in [-0.4, -0.2) is 29.6 Å². The Hall–Kier alpha value is -0.570. The van der Waals surface area contributed by atoms with E-state index in [9.17, 15) is 4.79 Å². The molecule has 0 radical (unpaired) electrons. The molecule has 1 heterocycles. The van der Waals surface area contributed by atoms with Crippen LogP contribution >= 0.6 is 0 Å². The second-order valence-corrected chi connectivity index (χ2v) is 7.15. The van der Waals surface area contributed by atoms with E-state index < -0.39 is 0 Å². The molecule has 1 N–H and O–H groups in total. The van der Waals surface area contributed by atoms with Gasteiger partial charge in [-0.05, 0) is 36.5 Å². The lowest BCUT2D eigenvalue weighted by atomic mass is 10.1. The number of nitrogens with zero attached hydrogens (tertiary/aromatic N) is 1. The SMILES string of the molecule is CCC1NC(CC(C)C)N(CC2CC2(C)C)C1=O. The van der Waals surface area contributed by atoms with E-state index in [1.807, 2.05) is 0 Å². The van der Waals surface area contributed by atoms with E-state index in [0.29, 0.717) is 23.2 Å². The minimum atomic E-state index is 0.0515. The van der Waals surface area contributed by atoms with Crippen LogP contribution in [0.5, 0.6) is 0 Å². The van der Waals surface area contributed by atoms with Gasteiger partial charge in [0.1, 0.15) is 0 Å². The molecule has 2 rings (SSSR count). The van der Waals surface area contributed by atoms with Crippen LogP contribution in [0.1, 0.15) is 53.9 Å². The van der Waals surface area contributed by atoms with Crippen LogP contribution in [0.2, 0.25) is 0 Å². The second kappa shape index (κ2) is 4.84. The Labute approximate surface area is 111 Å². The predicted octanol–water partition coefficient (Wildman–Crippen LogP) is 2.62. The molecule has 18 heavy (non-hydrogen) atoms. The van der Waals surface area contributed by atoms with Crippen LogP contribution in [-0.2, 0) is 4.79 Å². The van der Waals surface area contributed by atoms with Gasteiger partial charge in [-0.25, -0.2) is 0 Å². The van der Waals surface area contributed by atoms with Crippen molar-refractivity contribution in [3.05, 3.63) is 0 Å². The van der Waals surface area contributed by atoms with Crippen molar-refractivity contribution in [2.24, 2.45) is 17.3 Å². The summed E-state index contributed by atoms with van der Waals surface area (Å²) in [6.45, 7) is 12.1. The highest BCUT2D eigenvalue weighted by molar-refractivity contribution is 5.84. The van der Waals surface area contributed by atoms with Gasteiger partial charge in [0.25, 0.3) is 0 Å². The Kier molecular flexibility index (Phi) is 3.72. The Balaban J connectivity index is 2.01. The third kappa shape index (κ3) is 2.71. The average Bonchev–Trinajstić information content (AvgIpc) is 2.76. The van der Waals surface area contributed by atoms with Gasteiger partial charge in [-0.2, -0.15) is 0 Å². The predicted molar refractivity (Wildman–Crippen MR) is 74.1 cm³/mol. The first-order chi connectivity index (χ1) is 8.35. The number of carbonyl (C=O) groups is 1. The zero-order valence-corrected chi connectivity index (χ0v) is 12.5. The smallest absolute Gasteiger partial charge is 0.241 e. The summed E-state index contributed by atoms with van der Waals surface area (Å²) in [5.41, 5.74) is 0.451. The lowest BCUT2D eigenvalue weighted by Gasteiger charge is -2.26. The van der Waals surface area contributed by atoms with Crippen molar-refractivity contribution in [1.29, 1.82) is 0 Å². The monoisotopic (exact) mass is 252 g/mol. The number of carbonyl (C=O) groups excluding carboxylic acids is 1. The largest absolute Gasteiger partial charge is 0.325 e. The van der Waals surface area contributed by atoms with Gasteiger partial charge in [-0.3, -0.25) is 10.1 Å². The van der Waals surface area contributed by atoms with Crippen LogP contribution in [0.3, 0.4) is 0 Å². The van der Waals surface area contributed by atoms with Crippen LogP contribution in [0.25, 0.3) is 0 Å². The molecule has 2 fully saturated rings. The van der Waals surface area contributed by atoms with E-state index in [0.717, 1.165) is 19.4 Å². The molecule has 2 aliphatic rings. The highest BCUT2D eigenvalue weighted by atomic mass is 16.2. The molecule has 1 saturated heterocycles. The van der Waals surface area contributed by atoms with Gasteiger partial charge in [0.05, 0.1) is 12.2 Å². The zero-order chi connectivity index (χ0) is 13.5. The quantitative estimate of drug-likeness (QED) is 0.816. The van der Waals surface area contributed by atoms with Gasteiger partial charge < -0.3 is 4.90 Å². The first kappa shape index (κ1) is 13.9. The summed E-state index contributed by atoms with van der Waals surface area (Å²) in [5.74, 6) is 1.65. The topological polar surface area (TPSA) is 32.3 Å². The summed E-state index contributed by atoms with van der Waals surface area (Å²) in [7, 11) is 0. The first-order valence-corrected chi connectivity index (χ1v) is 7.41. The van der Waals surface area contributed by atoms with Crippen LogP contribution in [0.15, 0.2) is 0 Å². The highest BCUT2D eigenvalue weighted by Crippen LogP contribution is 2.52. The number of nitrogens with one attached hydrogen (secondary N) is 1. The van der Waals surface area contributed by atoms with Crippen LogP contribution in [0, 0.1) is 17.3 Å². The molecule has 0 aromatic rings. The van der Waals surface area contributed by atoms with Crippen molar-refractivity contribution < 1.29 is 4.79 Å². The second-order valence-electron chi connectivity index (χ2n) is 7.15. The molecule has 3 nitrogen and oxygen atoms in total. The number of hydrogen-bond acceptors (Lipinski definition) is 2. The third-order valence-electron chi connectivity index (χ3n) is 4.59. The molecule has 0 aromatic heterocycles. The molecule has 1 saturated carbocycles. The molecule has 1 aliphatic heterocycles. The summed E-state index contributed by atoms with van der Waals surface area (Å²) in [5, 5.41) is 3.51. The molecule has 3 unspecified atom stereocenters. The molecular formula is C15H28N2O. The molecule has 104 valence electrons. The molecule has 0 spiro atoms. The summed E-state index contributed by atoms with van der Waals surface area (Å²) in [4.78, 5) is 14.5. The summed E-state index contributed by atoms with van der Waals surface area (Å²) in [6.07, 6.45) is 3.49. The fourth-order valence-electron chi connectivity index (χ4n) is 3.02. The Morgan fingerprint density at radius 2 is 2.06 bits per heavy atom. The molecular weight excluding hydrogens is 224 g/mol. The lowest BCUT2D eigenvalue weighted by Crippen LogP contribution is -2.40. The fraction of sp³-hybridized carbons (Fsp3) is 0.933. The molecule has 3 atom stereocenters. The summed E-state index contributed by atoms with van der Waals surface area (Å²) < 4.78 is 0. The van der Waals surface area contributed by atoms with Crippen molar-refractivity contribution in [3.63, 3.8) is 0 Å². The van der Waals surface area contributed by atoms with E-state index >= 15 is 0 Å². The van der Waals surface area contributed by atoms with Crippen LogP contribution < -0.4 is 5.32 Å². The third-order valence-corrected chi connectivity index (χ3v) is 4.59. The normalized spacial score (nSPS) is 34.4. The Morgan fingerprint density at radius 1 is 1.44 bits per heavy atom. The lowest BCUT2D eigenvalue weighted by molar-refractivity contribution is -0.130. The van der Waals surface area contributed by atoms with Crippen molar-refractivity contribution in [2.45, 2.75) is 66.1 Å². The highest BCUT2D eigenvalue weighted by Gasteiger charge is 2.49. The van der Waals surface area contributed by atoms with Gasteiger partial charge in [0, 0.05) is 6.54 Å². The van der Waals surface area contributed by atoms with E-state index in [2.05, 4.69) is 44.8 Å². The summed E-state index contributed by atoms with van der Waals surface area (Å²) in [6, 6.07) is 0.0515. The van der Waals surface area contributed by atoms with E-state index in [1.165, 1.54) is 6.42 Å². The van der Waals surface area contributed by atoms with Crippen molar-refractivity contribution in [1.82, 2.24) is 10.2 Å². The van der Waals surface area contributed by atoms with Gasteiger partial charge in [-0.15, -0.1) is 0 Å². The fourth-order valence-corrected chi connectivity index (χ4v) is 3.02. The van der Waals surface area contributed by atoms with Gasteiger partial charge in [-0.1, -0.05) is 34.6 Å². The van der Waals surface area contributed by atoms with Crippen molar-refractivity contribution in [2.75, 3.05) is 6.54 Å². The molecule has 3 heteroatoms. The molecule has 0 aromatic carbocycles. The Bertz CT molecular complexity index is 324. The minimum Gasteiger partial charge on any atom is -0.325 e. The van der Waals surface area contributed by atoms with Crippen molar-refractivity contribution in [3.8, 4) is 0 Å². The van der Waals surface area contributed by atoms with E-state index in [4.69, 9.17) is 0 Å². The van der Waals surface area contributed by atoms with E-state index in [1.54, 1.807) is 0 Å².